The van der Waals surface area contributed by atoms with Crippen molar-refractivity contribution in [1.82, 2.24) is 9.88 Å². The highest BCUT2D eigenvalue weighted by atomic mass is 32.2. The van der Waals surface area contributed by atoms with Crippen LogP contribution >= 0.6 is 11.9 Å². The number of aryl methyl sites for hydroxylation is 1. The molecule has 124 valence electrons. The molecule has 0 unspecified atom stereocenters. The van der Waals surface area contributed by atoms with Gasteiger partial charge in [-0.2, -0.15) is 0 Å². The molecule has 1 aromatic heterocycles. The molecule has 3 aromatic rings. The maximum absolute atomic E-state index is 12.1. The number of fused-ring (bicyclic) bond motifs is 1. The van der Waals surface area contributed by atoms with Crippen LogP contribution in [0.25, 0.3) is 11.0 Å². The molecule has 0 saturated heterocycles. The van der Waals surface area contributed by atoms with Crippen molar-refractivity contribution in [3.63, 3.8) is 0 Å². The highest BCUT2D eigenvalue weighted by Gasteiger charge is 2.15. The van der Waals surface area contributed by atoms with Crippen molar-refractivity contribution in [3.8, 4) is 0 Å². The average Bonchev–Trinajstić information content (AvgIpc) is 2.97. The monoisotopic (exact) mass is 342 g/mol. The van der Waals surface area contributed by atoms with E-state index in [9.17, 15) is 4.79 Å². The fourth-order valence-corrected chi connectivity index (χ4v) is 2.81. The standard InChI is InChI=1S/C17H18N4O2S/c1-11-7-9-12(10-8-11)24-20-17(22)18-16-15-13(21(2)3)5-4-6-14(15)23-19-16/h4-10H,1-3H3,(H2,18,19,20,22). The lowest BCUT2D eigenvalue weighted by molar-refractivity contribution is 0.257. The Morgan fingerprint density at radius 3 is 2.62 bits per heavy atom. The first-order chi connectivity index (χ1) is 11.5. The van der Waals surface area contributed by atoms with Gasteiger partial charge in [0.2, 0.25) is 0 Å². The first kappa shape index (κ1) is 16.2. The molecule has 3 rings (SSSR count). The molecular weight excluding hydrogens is 324 g/mol. The first-order valence-corrected chi connectivity index (χ1v) is 8.22. The Hall–Kier alpha value is -2.67. The van der Waals surface area contributed by atoms with E-state index in [0.717, 1.165) is 16.0 Å². The summed E-state index contributed by atoms with van der Waals surface area (Å²) in [6, 6.07) is 13.2. The molecule has 2 amide bonds. The van der Waals surface area contributed by atoms with E-state index in [1.165, 1.54) is 17.5 Å². The number of carbonyl (C=O) groups excluding carboxylic acids is 1. The van der Waals surface area contributed by atoms with E-state index in [1.807, 2.05) is 68.4 Å². The van der Waals surface area contributed by atoms with E-state index in [-0.39, 0.29) is 6.03 Å². The molecule has 0 aliphatic rings. The quantitative estimate of drug-likeness (QED) is 0.701. The van der Waals surface area contributed by atoms with Gasteiger partial charge in [-0.05, 0) is 43.1 Å². The van der Waals surface area contributed by atoms with E-state index in [2.05, 4.69) is 15.2 Å². The van der Waals surface area contributed by atoms with E-state index >= 15 is 0 Å². The number of nitrogens with zero attached hydrogens (tertiary/aromatic N) is 2. The van der Waals surface area contributed by atoms with Gasteiger partial charge in [-0.15, -0.1) is 0 Å². The minimum Gasteiger partial charge on any atom is -0.377 e. The highest BCUT2D eigenvalue weighted by Crippen LogP contribution is 2.31. The smallest absolute Gasteiger partial charge is 0.330 e. The Morgan fingerprint density at radius 2 is 1.92 bits per heavy atom. The zero-order chi connectivity index (χ0) is 17.1. The summed E-state index contributed by atoms with van der Waals surface area (Å²) in [5.74, 6) is 0.399. The lowest BCUT2D eigenvalue weighted by Gasteiger charge is -2.13. The van der Waals surface area contributed by atoms with E-state index in [4.69, 9.17) is 4.52 Å². The van der Waals surface area contributed by atoms with Crippen molar-refractivity contribution in [2.75, 3.05) is 24.3 Å². The Morgan fingerprint density at radius 1 is 1.17 bits per heavy atom. The van der Waals surface area contributed by atoms with Crippen LogP contribution in [0.2, 0.25) is 0 Å². The van der Waals surface area contributed by atoms with Crippen LogP contribution in [-0.2, 0) is 0 Å². The van der Waals surface area contributed by atoms with Crippen molar-refractivity contribution in [3.05, 3.63) is 48.0 Å². The molecule has 0 radical (unpaired) electrons. The summed E-state index contributed by atoms with van der Waals surface area (Å²) in [4.78, 5) is 15.0. The molecule has 6 nitrogen and oxygen atoms in total. The maximum atomic E-state index is 12.1. The summed E-state index contributed by atoms with van der Waals surface area (Å²) in [5, 5.41) is 7.48. The van der Waals surface area contributed by atoms with Crippen LogP contribution in [0, 0.1) is 6.92 Å². The van der Waals surface area contributed by atoms with Gasteiger partial charge in [0, 0.05) is 19.0 Å². The third-order valence-electron chi connectivity index (χ3n) is 3.47. The normalized spacial score (nSPS) is 10.6. The summed E-state index contributed by atoms with van der Waals surface area (Å²) >= 11 is 1.24. The number of benzene rings is 2. The van der Waals surface area contributed by atoms with Gasteiger partial charge in [-0.3, -0.25) is 10.0 Å². The number of urea groups is 1. The zero-order valence-corrected chi connectivity index (χ0v) is 14.5. The van der Waals surface area contributed by atoms with Crippen LogP contribution in [0.15, 0.2) is 51.9 Å². The molecule has 2 aromatic carbocycles. The topological polar surface area (TPSA) is 70.4 Å². The molecule has 7 heteroatoms. The van der Waals surface area contributed by atoms with Crippen molar-refractivity contribution in [2.45, 2.75) is 11.8 Å². The number of hydrogen-bond donors (Lipinski definition) is 2. The van der Waals surface area contributed by atoms with Gasteiger partial charge in [0.05, 0.1) is 11.1 Å². The van der Waals surface area contributed by atoms with Crippen LogP contribution in [0.1, 0.15) is 5.56 Å². The molecule has 0 saturated carbocycles. The molecule has 1 heterocycles. The molecule has 0 aliphatic carbocycles. The van der Waals surface area contributed by atoms with Gasteiger partial charge in [-0.1, -0.05) is 28.9 Å². The minimum atomic E-state index is -0.357. The van der Waals surface area contributed by atoms with Gasteiger partial charge in [0.1, 0.15) is 0 Å². The number of aromatic nitrogens is 1. The second-order valence-electron chi connectivity index (χ2n) is 5.55. The molecular formula is C17H18N4O2S. The summed E-state index contributed by atoms with van der Waals surface area (Å²) < 4.78 is 8.03. The maximum Gasteiger partial charge on any atom is 0.330 e. The van der Waals surface area contributed by atoms with Gasteiger partial charge in [0.15, 0.2) is 11.4 Å². The number of anilines is 2. The second-order valence-corrected chi connectivity index (χ2v) is 6.43. The highest BCUT2D eigenvalue weighted by molar-refractivity contribution is 7.98. The lowest BCUT2D eigenvalue weighted by atomic mass is 10.2. The molecule has 0 aliphatic heterocycles. The molecule has 24 heavy (non-hydrogen) atoms. The van der Waals surface area contributed by atoms with Gasteiger partial charge < -0.3 is 9.42 Å². The predicted octanol–water partition coefficient (Wildman–Crippen LogP) is 4.03. The van der Waals surface area contributed by atoms with Crippen LogP contribution in [0.3, 0.4) is 0 Å². The van der Waals surface area contributed by atoms with Gasteiger partial charge >= 0.3 is 6.03 Å². The molecule has 0 atom stereocenters. The number of nitrogens with one attached hydrogen (secondary N) is 2. The number of amides is 2. The van der Waals surface area contributed by atoms with Crippen molar-refractivity contribution in [1.29, 1.82) is 0 Å². The Balaban J connectivity index is 1.72. The fraction of sp³-hybridized carbons (Fsp3) is 0.176. The predicted molar refractivity (Wildman–Crippen MR) is 97.5 cm³/mol. The van der Waals surface area contributed by atoms with Crippen molar-refractivity contribution in [2.24, 2.45) is 0 Å². The van der Waals surface area contributed by atoms with Gasteiger partial charge in [-0.25, -0.2) is 4.79 Å². The third kappa shape index (κ3) is 3.46. The van der Waals surface area contributed by atoms with Crippen molar-refractivity contribution < 1.29 is 9.32 Å². The molecule has 2 N–H and O–H groups in total. The first-order valence-electron chi connectivity index (χ1n) is 7.41. The SMILES string of the molecule is Cc1ccc(SNC(=O)Nc2noc3cccc(N(C)C)c23)cc1. The van der Waals surface area contributed by atoms with E-state index in [1.54, 1.807) is 0 Å². The Bertz CT molecular complexity index is 859. The van der Waals surface area contributed by atoms with Crippen LogP contribution in [0.5, 0.6) is 0 Å². The summed E-state index contributed by atoms with van der Waals surface area (Å²) in [5.41, 5.74) is 2.73. The second kappa shape index (κ2) is 6.84. The van der Waals surface area contributed by atoms with Crippen LogP contribution < -0.4 is 14.9 Å². The van der Waals surface area contributed by atoms with Crippen molar-refractivity contribution >= 4 is 40.5 Å². The number of carbonyl (C=O) groups is 1. The average molecular weight is 342 g/mol. The van der Waals surface area contributed by atoms with Gasteiger partial charge in [0.25, 0.3) is 0 Å². The molecule has 0 fully saturated rings. The summed E-state index contributed by atoms with van der Waals surface area (Å²) in [7, 11) is 3.86. The third-order valence-corrected chi connectivity index (χ3v) is 4.27. The van der Waals surface area contributed by atoms with Crippen LogP contribution in [0.4, 0.5) is 16.3 Å². The minimum absolute atomic E-state index is 0.357. The molecule has 0 bridgehead atoms. The van der Waals surface area contributed by atoms with E-state index in [0.29, 0.717) is 11.4 Å². The Kier molecular flexibility index (Phi) is 4.61. The van der Waals surface area contributed by atoms with Crippen LogP contribution in [-0.4, -0.2) is 25.3 Å². The summed E-state index contributed by atoms with van der Waals surface area (Å²) in [6.45, 7) is 2.02. The molecule has 0 spiro atoms. The lowest BCUT2D eigenvalue weighted by Crippen LogP contribution is -2.23. The number of rotatable bonds is 4. The largest absolute Gasteiger partial charge is 0.377 e. The number of hydrogen-bond acceptors (Lipinski definition) is 5. The fourth-order valence-electron chi connectivity index (χ4n) is 2.28. The van der Waals surface area contributed by atoms with E-state index < -0.39 is 0 Å². The zero-order valence-electron chi connectivity index (χ0n) is 13.7. The summed E-state index contributed by atoms with van der Waals surface area (Å²) in [6.07, 6.45) is 0. The Labute approximate surface area is 144 Å².